The van der Waals surface area contributed by atoms with Gasteiger partial charge < -0.3 is 16.8 Å². The van der Waals surface area contributed by atoms with Crippen molar-refractivity contribution >= 4 is 17.4 Å². The molecule has 0 spiro atoms. The van der Waals surface area contributed by atoms with E-state index in [0.29, 0.717) is 11.3 Å². The zero-order chi connectivity index (χ0) is 13.8. The van der Waals surface area contributed by atoms with Crippen LogP contribution in [-0.4, -0.2) is 15.9 Å². The summed E-state index contributed by atoms with van der Waals surface area (Å²) in [7, 11) is 0. The molecule has 2 aromatic heterocycles. The molecular formula is C13H15N5O. The number of nitrogens with zero attached hydrogens (tertiary/aromatic N) is 2. The lowest BCUT2D eigenvalue weighted by atomic mass is 10.1. The fraction of sp³-hybridized carbons (Fsp3) is 0.154. The van der Waals surface area contributed by atoms with E-state index >= 15 is 0 Å². The molecule has 6 heteroatoms. The van der Waals surface area contributed by atoms with Gasteiger partial charge in [0.2, 0.25) is 0 Å². The van der Waals surface area contributed by atoms with Crippen LogP contribution in [-0.2, 0) is 0 Å². The summed E-state index contributed by atoms with van der Waals surface area (Å²) < 4.78 is 0. The van der Waals surface area contributed by atoms with Gasteiger partial charge in [0, 0.05) is 12.4 Å². The Labute approximate surface area is 110 Å². The molecule has 19 heavy (non-hydrogen) atoms. The van der Waals surface area contributed by atoms with Gasteiger partial charge in [0.15, 0.2) is 0 Å². The maximum atomic E-state index is 11.4. The third-order valence-electron chi connectivity index (χ3n) is 2.75. The number of pyridine rings is 2. The highest BCUT2D eigenvalue weighted by atomic mass is 16.1. The molecule has 0 saturated carbocycles. The van der Waals surface area contributed by atoms with E-state index in [1.807, 2.05) is 19.1 Å². The Morgan fingerprint density at radius 2 is 2.21 bits per heavy atom. The second-order valence-electron chi connectivity index (χ2n) is 4.17. The van der Waals surface area contributed by atoms with Crippen LogP contribution in [0, 0.1) is 0 Å². The first-order valence-corrected chi connectivity index (χ1v) is 5.79. The molecule has 0 bridgehead atoms. The minimum Gasteiger partial charge on any atom is -0.384 e. The highest BCUT2D eigenvalue weighted by Gasteiger charge is 2.12. The maximum absolute atomic E-state index is 11.4. The van der Waals surface area contributed by atoms with E-state index < -0.39 is 5.91 Å². The summed E-state index contributed by atoms with van der Waals surface area (Å²) in [6, 6.07) is 5.22. The number of amides is 1. The van der Waals surface area contributed by atoms with Crippen LogP contribution in [0.2, 0.25) is 0 Å². The first-order valence-electron chi connectivity index (χ1n) is 5.79. The highest BCUT2D eigenvalue weighted by molar-refractivity contribution is 5.99. The molecule has 6 nitrogen and oxygen atoms in total. The van der Waals surface area contributed by atoms with Gasteiger partial charge in [-0.1, -0.05) is 6.07 Å². The van der Waals surface area contributed by atoms with Gasteiger partial charge in [-0.15, -0.1) is 0 Å². The molecule has 0 aliphatic heterocycles. The standard InChI is InChI=1S/C13H15N5O/c1-8(9-3-2-4-16-6-9)18-11-7-17-12(14)5-10(11)13(15)19/h2-8,18H,1H3,(H2,14,17)(H2,15,19). The minimum atomic E-state index is -0.546. The predicted molar refractivity (Wildman–Crippen MR) is 73.4 cm³/mol. The third-order valence-corrected chi connectivity index (χ3v) is 2.75. The lowest BCUT2D eigenvalue weighted by molar-refractivity contribution is 0.100. The van der Waals surface area contributed by atoms with Gasteiger partial charge in [-0.2, -0.15) is 0 Å². The Hall–Kier alpha value is -2.63. The Bertz CT molecular complexity index is 585. The second-order valence-corrected chi connectivity index (χ2v) is 4.17. The summed E-state index contributed by atoms with van der Waals surface area (Å²) in [5.41, 5.74) is 12.7. The summed E-state index contributed by atoms with van der Waals surface area (Å²) in [5.74, 6) is -0.289. The molecule has 0 fully saturated rings. The molecule has 0 aromatic carbocycles. The van der Waals surface area contributed by atoms with Crippen LogP contribution >= 0.6 is 0 Å². The van der Waals surface area contributed by atoms with E-state index in [1.165, 1.54) is 12.3 Å². The minimum absolute atomic E-state index is 0.0303. The van der Waals surface area contributed by atoms with Crippen LogP contribution in [0.25, 0.3) is 0 Å². The van der Waals surface area contributed by atoms with E-state index in [0.717, 1.165) is 5.56 Å². The smallest absolute Gasteiger partial charge is 0.250 e. The monoisotopic (exact) mass is 257 g/mol. The molecule has 0 saturated heterocycles. The third kappa shape index (κ3) is 2.98. The van der Waals surface area contributed by atoms with Crippen LogP contribution < -0.4 is 16.8 Å². The van der Waals surface area contributed by atoms with Crippen LogP contribution in [0.4, 0.5) is 11.5 Å². The predicted octanol–water partition coefficient (Wildman–Crippen LogP) is 1.33. The van der Waals surface area contributed by atoms with E-state index in [9.17, 15) is 4.79 Å². The van der Waals surface area contributed by atoms with Crippen molar-refractivity contribution in [1.29, 1.82) is 0 Å². The van der Waals surface area contributed by atoms with Crippen LogP contribution in [0.1, 0.15) is 28.9 Å². The summed E-state index contributed by atoms with van der Waals surface area (Å²) in [5, 5.41) is 3.18. The molecule has 0 aliphatic rings. The van der Waals surface area contributed by atoms with Gasteiger partial charge in [-0.25, -0.2) is 4.98 Å². The lowest BCUT2D eigenvalue weighted by Gasteiger charge is -2.17. The van der Waals surface area contributed by atoms with Gasteiger partial charge in [0.1, 0.15) is 5.82 Å². The number of aromatic nitrogens is 2. The molecular weight excluding hydrogens is 242 g/mol. The van der Waals surface area contributed by atoms with Crippen molar-refractivity contribution in [2.24, 2.45) is 5.73 Å². The van der Waals surface area contributed by atoms with Crippen molar-refractivity contribution in [2.45, 2.75) is 13.0 Å². The molecule has 98 valence electrons. The number of rotatable bonds is 4. The maximum Gasteiger partial charge on any atom is 0.250 e. The van der Waals surface area contributed by atoms with Crippen molar-refractivity contribution in [3.8, 4) is 0 Å². The fourth-order valence-electron chi connectivity index (χ4n) is 1.74. The van der Waals surface area contributed by atoms with Crippen LogP contribution in [0.15, 0.2) is 36.8 Å². The molecule has 5 N–H and O–H groups in total. The van der Waals surface area contributed by atoms with Crippen molar-refractivity contribution in [2.75, 3.05) is 11.1 Å². The van der Waals surface area contributed by atoms with Gasteiger partial charge in [0.05, 0.1) is 23.5 Å². The number of hydrogen-bond acceptors (Lipinski definition) is 5. The summed E-state index contributed by atoms with van der Waals surface area (Å²) in [6.07, 6.45) is 4.96. The number of nitrogens with two attached hydrogens (primary N) is 2. The number of carbonyl (C=O) groups is 1. The van der Waals surface area contributed by atoms with Crippen molar-refractivity contribution in [3.63, 3.8) is 0 Å². The average molecular weight is 257 g/mol. The number of hydrogen-bond donors (Lipinski definition) is 3. The van der Waals surface area contributed by atoms with Crippen LogP contribution in [0.3, 0.4) is 0 Å². The van der Waals surface area contributed by atoms with Gasteiger partial charge in [0.25, 0.3) is 5.91 Å². The van der Waals surface area contributed by atoms with Gasteiger partial charge in [-0.3, -0.25) is 9.78 Å². The van der Waals surface area contributed by atoms with Gasteiger partial charge >= 0.3 is 0 Å². The number of carbonyl (C=O) groups excluding carboxylic acids is 1. The van der Waals surface area contributed by atoms with Crippen molar-refractivity contribution in [3.05, 3.63) is 47.9 Å². The summed E-state index contributed by atoms with van der Waals surface area (Å²) in [4.78, 5) is 19.4. The first kappa shape index (κ1) is 12.8. The molecule has 1 amide bonds. The van der Waals surface area contributed by atoms with E-state index in [4.69, 9.17) is 11.5 Å². The van der Waals surface area contributed by atoms with Crippen molar-refractivity contribution in [1.82, 2.24) is 9.97 Å². The van der Waals surface area contributed by atoms with E-state index in [2.05, 4.69) is 15.3 Å². The molecule has 0 aliphatic carbocycles. The first-order chi connectivity index (χ1) is 9.08. The Morgan fingerprint density at radius 3 is 2.84 bits per heavy atom. The molecule has 0 radical (unpaired) electrons. The number of nitrogen functional groups attached to an aromatic ring is 1. The zero-order valence-corrected chi connectivity index (χ0v) is 10.5. The number of primary amides is 1. The molecule has 2 aromatic rings. The largest absolute Gasteiger partial charge is 0.384 e. The average Bonchev–Trinajstić information content (AvgIpc) is 2.41. The Kier molecular flexibility index (Phi) is 3.61. The molecule has 1 atom stereocenters. The Balaban J connectivity index is 2.26. The summed E-state index contributed by atoms with van der Waals surface area (Å²) >= 11 is 0. The fourth-order valence-corrected chi connectivity index (χ4v) is 1.74. The molecule has 1 unspecified atom stereocenters. The Morgan fingerprint density at radius 1 is 1.42 bits per heavy atom. The quantitative estimate of drug-likeness (QED) is 0.766. The number of nitrogens with one attached hydrogen (secondary N) is 1. The summed E-state index contributed by atoms with van der Waals surface area (Å²) in [6.45, 7) is 1.96. The highest BCUT2D eigenvalue weighted by Crippen LogP contribution is 2.22. The lowest BCUT2D eigenvalue weighted by Crippen LogP contribution is -2.17. The SMILES string of the molecule is CC(Nc1cnc(N)cc1C(N)=O)c1cccnc1. The second kappa shape index (κ2) is 5.34. The van der Waals surface area contributed by atoms with E-state index in [-0.39, 0.29) is 11.9 Å². The zero-order valence-electron chi connectivity index (χ0n) is 10.5. The molecule has 2 rings (SSSR count). The van der Waals surface area contributed by atoms with E-state index in [1.54, 1.807) is 12.4 Å². The van der Waals surface area contributed by atoms with Crippen molar-refractivity contribution < 1.29 is 4.79 Å². The van der Waals surface area contributed by atoms with Gasteiger partial charge in [-0.05, 0) is 24.6 Å². The topological polar surface area (TPSA) is 107 Å². The molecule has 2 heterocycles. The normalized spacial score (nSPS) is 11.8. The number of anilines is 2. The van der Waals surface area contributed by atoms with Crippen LogP contribution in [0.5, 0.6) is 0 Å².